The SMILES string of the molecule is CCOC(=O)C=C(C)CC[C@H]1CCOC(c2ccccc2)O1. The average molecular weight is 304 g/mol. The minimum Gasteiger partial charge on any atom is -0.463 e. The van der Waals surface area contributed by atoms with Crippen LogP contribution >= 0.6 is 0 Å². The largest absolute Gasteiger partial charge is 0.463 e. The van der Waals surface area contributed by atoms with E-state index in [1.807, 2.05) is 37.3 Å². The molecular weight excluding hydrogens is 280 g/mol. The number of benzene rings is 1. The molecule has 0 saturated carbocycles. The van der Waals surface area contributed by atoms with Crippen LogP contribution in [0.5, 0.6) is 0 Å². The van der Waals surface area contributed by atoms with Crippen molar-refractivity contribution in [2.24, 2.45) is 0 Å². The molecule has 120 valence electrons. The Hall–Kier alpha value is -1.65. The molecule has 1 saturated heterocycles. The van der Waals surface area contributed by atoms with E-state index in [1.165, 1.54) is 0 Å². The first-order valence-electron chi connectivity index (χ1n) is 7.85. The van der Waals surface area contributed by atoms with Gasteiger partial charge in [0, 0.05) is 11.6 Å². The van der Waals surface area contributed by atoms with Gasteiger partial charge in [0.1, 0.15) is 0 Å². The molecule has 1 aromatic rings. The van der Waals surface area contributed by atoms with E-state index in [2.05, 4.69) is 0 Å². The Labute approximate surface area is 132 Å². The van der Waals surface area contributed by atoms with E-state index in [-0.39, 0.29) is 18.4 Å². The lowest BCUT2D eigenvalue weighted by molar-refractivity contribution is -0.218. The summed E-state index contributed by atoms with van der Waals surface area (Å²) in [6.45, 7) is 4.86. The first-order chi connectivity index (χ1) is 10.7. The van der Waals surface area contributed by atoms with Crippen LogP contribution in [0.1, 0.15) is 45.0 Å². The summed E-state index contributed by atoms with van der Waals surface area (Å²) in [7, 11) is 0. The van der Waals surface area contributed by atoms with Crippen molar-refractivity contribution in [1.29, 1.82) is 0 Å². The molecule has 1 unspecified atom stereocenters. The van der Waals surface area contributed by atoms with Crippen molar-refractivity contribution in [3.63, 3.8) is 0 Å². The molecule has 0 amide bonds. The van der Waals surface area contributed by atoms with Crippen LogP contribution in [0.4, 0.5) is 0 Å². The predicted molar refractivity (Wildman–Crippen MR) is 84.2 cm³/mol. The summed E-state index contributed by atoms with van der Waals surface area (Å²) in [5, 5.41) is 0. The summed E-state index contributed by atoms with van der Waals surface area (Å²) in [5.74, 6) is -0.268. The van der Waals surface area contributed by atoms with Gasteiger partial charge in [-0.25, -0.2) is 4.79 Å². The number of carbonyl (C=O) groups excluding carboxylic acids is 1. The quantitative estimate of drug-likeness (QED) is 0.592. The highest BCUT2D eigenvalue weighted by Crippen LogP contribution is 2.28. The summed E-state index contributed by atoms with van der Waals surface area (Å²) in [4.78, 5) is 11.4. The zero-order valence-electron chi connectivity index (χ0n) is 13.3. The molecule has 1 aromatic carbocycles. The lowest BCUT2D eigenvalue weighted by atomic mass is 10.0. The van der Waals surface area contributed by atoms with Gasteiger partial charge < -0.3 is 14.2 Å². The molecular formula is C18H24O4. The highest BCUT2D eigenvalue weighted by molar-refractivity contribution is 5.82. The van der Waals surface area contributed by atoms with Crippen molar-refractivity contribution in [2.75, 3.05) is 13.2 Å². The zero-order valence-corrected chi connectivity index (χ0v) is 13.3. The van der Waals surface area contributed by atoms with Crippen molar-refractivity contribution in [3.8, 4) is 0 Å². The Morgan fingerprint density at radius 2 is 2.14 bits per heavy atom. The summed E-state index contributed by atoms with van der Waals surface area (Å²) >= 11 is 0. The highest BCUT2D eigenvalue weighted by Gasteiger charge is 2.23. The van der Waals surface area contributed by atoms with Crippen LogP contribution in [-0.4, -0.2) is 25.3 Å². The van der Waals surface area contributed by atoms with E-state index in [0.717, 1.165) is 30.4 Å². The maximum absolute atomic E-state index is 11.4. The topological polar surface area (TPSA) is 44.8 Å². The van der Waals surface area contributed by atoms with Gasteiger partial charge in [-0.15, -0.1) is 0 Å². The second kappa shape index (κ2) is 8.71. The van der Waals surface area contributed by atoms with Crippen LogP contribution in [-0.2, 0) is 19.0 Å². The first-order valence-corrected chi connectivity index (χ1v) is 7.85. The molecule has 1 aliphatic heterocycles. The van der Waals surface area contributed by atoms with E-state index in [0.29, 0.717) is 13.2 Å². The Morgan fingerprint density at radius 3 is 2.86 bits per heavy atom. The Bertz CT molecular complexity index is 495. The Morgan fingerprint density at radius 1 is 1.36 bits per heavy atom. The summed E-state index contributed by atoms with van der Waals surface area (Å²) in [5.41, 5.74) is 2.07. The normalized spacial score (nSPS) is 22.4. The van der Waals surface area contributed by atoms with Crippen molar-refractivity contribution in [1.82, 2.24) is 0 Å². The van der Waals surface area contributed by atoms with Crippen LogP contribution in [0, 0.1) is 0 Å². The number of rotatable bonds is 6. The lowest BCUT2D eigenvalue weighted by Gasteiger charge is -2.30. The fourth-order valence-corrected chi connectivity index (χ4v) is 2.43. The number of hydrogen-bond donors (Lipinski definition) is 0. The van der Waals surface area contributed by atoms with E-state index >= 15 is 0 Å². The van der Waals surface area contributed by atoms with Crippen molar-refractivity contribution in [3.05, 3.63) is 47.5 Å². The minimum absolute atomic E-state index is 0.157. The molecule has 0 spiro atoms. The third kappa shape index (κ3) is 5.28. The molecule has 0 aromatic heterocycles. The van der Waals surface area contributed by atoms with E-state index in [1.54, 1.807) is 13.0 Å². The number of carbonyl (C=O) groups is 1. The second-order valence-electron chi connectivity index (χ2n) is 5.44. The van der Waals surface area contributed by atoms with Gasteiger partial charge in [0.25, 0.3) is 0 Å². The fourth-order valence-electron chi connectivity index (χ4n) is 2.43. The van der Waals surface area contributed by atoms with Crippen LogP contribution in [0.25, 0.3) is 0 Å². The molecule has 2 rings (SSSR count). The molecule has 4 nitrogen and oxygen atoms in total. The highest BCUT2D eigenvalue weighted by atomic mass is 16.7. The van der Waals surface area contributed by atoms with Gasteiger partial charge in [0.05, 0.1) is 19.3 Å². The number of hydrogen-bond acceptors (Lipinski definition) is 4. The molecule has 0 radical (unpaired) electrons. The van der Waals surface area contributed by atoms with Crippen LogP contribution in [0.2, 0.25) is 0 Å². The van der Waals surface area contributed by atoms with Gasteiger partial charge in [-0.1, -0.05) is 35.9 Å². The van der Waals surface area contributed by atoms with Gasteiger partial charge in [0.15, 0.2) is 6.29 Å². The molecule has 0 bridgehead atoms. The lowest BCUT2D eigenvalue weighted by Crippen LogP contribution is -2.27. The number of esters is 1. The van der Waals surface area contributed by atoms with E-state index in [4.69, 9.17) is 14.2 Å². The Balaban J connectivity index is 1.82. The molecule has 0 aliphatic carbocycles. The van der Waals surface area contributed by atoms with Crippen molar-refractivity contribution >= 4 is 5.97 Å². The number of ether oxygens (including phenoxy) is 3. The summed E-state index contributed by atoms with van der Waals surface area (Å²) < 4.78 is 16.6. The van der Waals surface area contributed by atoms with Gasteiger partial charge >= 0.3 is 5.97 Å². The smallest absolute Gasteiger partial charge is 0.330 e. The molecule has 1 fully saturated rings. The maximum atomic E-state index is 11.4. The molecule has 1 heterocycles. The molecule has 22 heavy (non-hydrogen) atoms. The third-order valence-corrected chi connectivity index (χ3v) is 3.61. The van der Waals surface area contributed by atoms with Crippen LogP contribution in [0.3, 0.4) is 0 Å². The molecule has 1 aliphatic rings. The van der Waals surface area contributed by atoms with Gasteiger partial charge in [-0.3, -0.25) is 0 Å². The summed E-state index contributed by atoms with van der Waals surface area (Å²) in [6.07, 6.45) is 4.03. The maximum Gasteiger partial charge on any atom is 0.330 e. The molecule has 2 atom stereocenters. The zero-order chi connectivity index (χ0) is 15.8. The average Bonchev–Trinajstić information content (AvgIpc) is 2.54. The van der Waals surface area contributed by atoms with E-state index < -0.39 is 0 Å². The Kier molecular flexibility index (Phi) is 6.62. The second-order valence-corrected chi connectivity index (χ2v) is 5.44. The standard InChI is InChI=1S/C18H24O4/c1-3-20-17(19)13-14(2)9-10-16-11-12-21-18(22-16)15-7-5-4-6-8-15/h4-8,13,16,18H,3,9-12H2,1-2H3/t16-,18?/m0/s1. The first kappa shape index (κ1) is 16.7. The molecule has 0 N–H and O–H groups in total. The van der Waals surface area contributed by atoms with Gasteiger partial charge in [-0.2, -0.15) is 0 Å². The molecule has 4 heteroatoms. The van der Waals surface area contributed by atoms with Crippen LogP contribution in [0.15, 0.2) is 42.0 Å². The fraction of sp³-hybridized carbons (Fsp3) is 0.500. The van der Waals surface area contributed by atoms with Gasteiger partial charge in [0.2, 0.25) is 0 Å². The minimum atomic E-state index is -0.283. The summed E-state index contributed by atoms with van der Waals surface area (Å²) in [6, 6.07) is 9.97. The van der Waals surface area contributed by atoms with Crippen LogP contribution < -0.4 is 0 Å². The number of allylic oxidation sites excluding steroid dienone is 1. The van der Waals surface area contributed by atoms with Crippen molar-refractivity contribution < 1.29 is 19.0 Å². The van der Waals surface area contributed by atoms with Gasteiger partial charge in [-0.05, 0) is 33.1 Å². The van der Waals surface area contributed by atoms with E-state index in [9.17, 15) is 4.79 Å². The monoisotopic (exact) mass is 304 g/mol. The van der Waals surface area contributed by atoms with Crippen molar-refractivity contribution in [2.45, 2.75) is 45.5 Å². The predicted octanol–water partition coefficient (Wildman–Crippen LogP) is 3.78. The third-order valence-electron chi connectivity index (χ3n) is 3.61.